The summed E-state index contributed by atoms with van der Waals surface area (Å²) in [6.07, 6.45) is 0.781. The van der Waals surface area contributed by atoms with Crippen LogP contribution in [0.3, 0.4) is 0 Å². The molecule has 4 rings (SSSR count). The first-order chi connectivity index (χ1) is 13.5. The molecule has 0 aliphatic carbocycles. The van der Waals surface area contributed by atoms with Crippen molar-refractivity contribution in [1.29, 1.82) is 0 Å². The first-order valence-corrected chi connectivity index (χ1v) is 11.8. The molecule has 2 heterocycles. The number of thioether (sulfide) groups is 1. The minimum absolute atomic E-state index is 0.00281. The van der Waals surface area contributed by atoms with Gasteiger partial charge in [0, 0.05) is 23.0 Å². The first-order valence-electron chi connectivity index (χ1n) is 9.13. The van der Waals surface area contributed by atoms with Gasteiger partial charge < -0.3 is 10.6 Å². The van der Waals surface area contributed by atoms with Crippen LogP contribution in [0.5, 0.6) is 0 Å². The fraction of sp³-hybridized carbons (Fsp3) is 0.300. The second-order valence-electron chi connectivity index (χ2n) is 6.93. The Labute approximate surface area is 168 Å². The van der Waals surface area contributed by atoms with Crippen LogP contribution in [0.15, 0.2) is 59.6 Å². The van der Waals surface area contributed by atoms with E-state index in [9.17, 15) is 13.2 Å². The number of aliphatic imine (C=N–C) groups is 1. The number of hydrogen-bond acceptors (Lipinski definition) is 6. The lowest BCUT2D eigenvalue weighted by atomic mass is 10.1. The molecular formula is C20H21N3O3S2. The Morgan fingerprint density at radius 2 is 1.93 bits per heavy atom. The number of benzene rings is 2. The van der Waals surface area contributed by atoms with Gasteiger partial charge in [0.2, 0.25) is 0 Å². The normalized spacial score (nSPS) is 22.4. The Balaban J connectivity index is 1.34. The Hall–Kier alpha value is -2.32. The van der Waals surface area contributed by atoms with E-state index in [1.54, 1.807) is 12.1 Å². The van der Waals surface area contributed by atoms with Crippen molar-refractivity contribution in [2.24, 2.45) is 4.99 Å². The van der Waals surface area contributed by atoms with Crippen LogP contribution in [0, 0.1) is 0 Å². The van der Waals surface area contributed by atoms with Crippen molar-refractivity contribution in [1.82, 2.24) is 5.32 Å². The summed E-state index contributed by atoms with van der Waals surface area (Å²) >= 11 is 1.46. The maximum atomic E-state index is 12.4. The number of carbonyl (C=O) groups is 1. The second-order valence-corrected chi connectivity index (χ2v) is 10.3. The predicted octanol–water partition coefficient (Wildman–Crippen LogP) is 2.34. The van der Waals surface area contributed by atoms with Gasteiger partial charge in [-0.15, -0.1) is 0 Å². The van der Waals surface area contributed by atoms with Crippen molar-refractivity contribution in [3.05, 3.63) is 65.7 Å². The third-order valence-electron chi connectivity index (χ3n) is 4.74. The molecule has 0 saturated carbocycles. The lowest BCUT2D eigenvalue weighted by molar-refractivity contribution is 0.0954. The van der Waals surface area contributed by atoms with Crippen molar-refractivity contribution in [3.63, 3.8) is 0 Å². The van der Waals surface area contributed by atoms with E-state index in [1.807, 2.05) is 42.5 Å². The number of sulfone groups is 1. The monoisotopic (exact) mass is 415 g/mol. The fourth-order valence-electron chi connectivity index (χ4n) is 3.34. The van der Waals surface area contributed by atoms with Crippen LogP contribution in [0.25, 0.3) is 0 Å². The van der Waals surface area contributed by atoms with Gasteiger partial charge in [-0.25, -0.2) is 8.42 Å². The predicted molar refractivity (Wildman–Crippen MR) is 114 cm³/mol. The molecule has 0 radical (unpaired) electrons. The van der Waals surface area contributed by atoms with E-state index >= 15 is 0 Å². The number of rotatable bonds is 5. The topological polar surface area (TPSA) is 87.6 Å². The Kier molecular flexibility index (Phi) is 5.41. The van der Waals surface area contributed by atoms with Crippen LogP contribution in [-0.4, -0.2) is 48.8 Å². The molecular weight excluding hydrogens is 394 g/mol. The molecule has 6 nitrogen and oxygen atoms in total. The average molecular weight is 416 g/mol. The third kappa shape index (κ3) is 4.56. The Morgan fingerprint density at radius 3 is 2.71 bits per heavy atom. The third-order valence-corrected chi connectivity index (χ3v) is 7.88. The molecule has 28 heavy (non-hydrogen) atoms. The summed E-state index contributed by atoms with van der Waals surface area (Å²) in [4.78, 5) is 16.9. The zero-order valence-corrected chi connectivity index (χ0v) is 16.8. The van der Waals surface area contributed by atoms with Gasteiger partial charge in [-0.05, 0) is 30.2 Å². The zero-order chi connectivity index (χ0) is 19.6. The minimum Gasteiger partial charge on any atom is -0.352 e. The number of hydrogen-bond donors (Lipinski definition) is 2. The zero-order valence-electron chi connectivity index (χ0n) is 15.2. The summed E-state index contributed by atoms with van der Waals surface area (Å²) in [5, 5.41) is 6.86. The van der Waals surface area contributed by atoms with Gasteiger partial charge in [0.1, 0.15) is 0 Å². The highest BCUT2D eigenvalue weighted by Crippen LogP contribution is 2.34. The van der Waals surface area contributed by atoms with Crippen molar-refractivity contribution < 1.29 is 13.2 Å². The standard InChI is InChI=1S/C20H21N3O3S2/c24-19(21-10-9-14-5-2-1-3-6-14)15-7-4-8-16(11-15)22-20-23-17-12-28(25,26)13-18(17)27-20/h1-8,11,17-18H,9-10,12-13H2,(H,21,24)(H,22,23). The summed E-state index contributed by atoms with van der Waals surface area (Å²) < 4.78 is 23.3. The van der Waals surface area contributed by atoms with E-state index in [1.165, 1.54) is 17.3 Å². The maximum absolute atomic E-state index is 12.4. The van der Waals surface area contributed by atoms with Crippen LogP contribution in [0.1, 0.15) is 15.9 Å². The molecule has 0 aromatic heterocycles. The number of nitrogens with zero attached hydrogens (tertiary/aromatic N) is 1. The number of nitrogens with one attached hydrogen (secondary N) is 2. The van der Waals surface area contributed by atoms with Crippen LogP contribution in [0.4, 0.5) is 5.69 Å². The highest BCUT2D eigenvalue weighted by molar-refractivity contribution is 8.15. The molecule has 2 aliphatic rings. The molecule has 2 aromatic rings. The summed E-state index contributed by atoms with van der Waals surface area (Å²) in [7, 11) is -2.96. The van der Waals surface area contributed by atoms with E-state index in [0.717, 1.165) is 12.1 Å². The lowest BCUT2D eigenvalue weighted by Crippen LogP contribution is -2.25. The van der Waals surface area contributed by atoms with Gasteiger partial charge in [0.15, 0.2) is 15.0 Å². The summed E-state index contributed by atoms with van der Waals surface area (Å²) in [6.45, 7) is 0.570. The van der Waals surface area contributed by atoms with Gasteiger partial charge in [0.05, 0.1) is 17.5 Å². The molecule has 2 atom stereocenters. The Morgan fingerprint density at radius 1 is 1.11 bits per heavy atom. The van der Waals surface area contributed by atoms with Gasteiger partial charge in [-0.1, -0.05) is 48.2 Å². The summed E-state index contributed by atoms with van der Waals surface area (Å²) in [6, 6.07) is 17.1. The van der Waals surface area contributed by atoms with Gasteiger partial charge in [0.25, 0.3) is 5.91 Å². The molecule has 2 N–H and O–H groups in total. The smallest absolute Gasteiger partial charge is 0.251 e. The van der Waals surface area contributed by atoms with E-state index in [2.05, 4.69) is 15.6 Å². The van der Waals surface area contributed by atoms with Gasteiger partial charge >= 0.3 is 0 Å². The first kappa shape index (κ1) is 19.0. The quantitative estimate of drug-likeness (QED) is 0.783. The molecule has 1 fully saturated rings. The maximum Gasteiger partial charge on any atom is 0.251 e. The summed E-state index contributed by atoms with van der Waals surface area (Å²) in [5.74, 6) is 0.184. The molecule has 2 aromatic carbocycles. The number of fused-ring (bicyclic) bond motifs is 1. The van der Waals surface area contributed by atoms with Crippen LogP contribution < -0.4 is 10.6 Å². The molecule has 146 valence electrons. The van der Waals surface area contributed by atoms with Crippen molar-refractivity contribution in [2.75, 3.05) is 23.4 Å². The fourth-order valence-corrected chi connectivity index (χ4v) is 7.02. The summed E-state index contributed by atoms with van der Waals surface area (Å²) in [5.41, 5.74) is 2.52. The number of carbonyl (C=O) groups excluding carboxylic acids is 1. The van der Waals surface area contributed by atoms with E-state index in [0.29, 0.717) is 17.3 Å². The van der Waals surface area contributed by atoms with E-state index in [-0.39, 0.29) is 28.7 Å². The van der Waals surface area contributed by atoms with Crippen molar-refractivity contribution in [3.8, 4) is 0 Å². The van der Waals surface area contributed by atoms with Gasteiger partial charge in [-0.3, -0.25) is 9.79 Å². The van der Waals surface area contributed by atoms with Crippen LogP contribution >= 0.6 is 11.8 Å². The minimum atomic E-state index is -2.96. The molecule has 2 aliphatic heterocycles. The average Bonchev–Trinajstić information content (AvgIpc) is 3.15. The number of anilines is 1. The van der Waals surface area contributed by atoms with Crippen LogP contribution in [0.2, 0.25) is 0 Å². The highest BCUT2D eigenvalue weighted by Gasteiger charge is 2.42. The van der Waals surface area contributed by atoms with E-state index < -0.39 is 9.84 Å². The highest BCUT2D eigenvalue weighted by atomic mass is 32.2. The molecule has 2 unspecified atom stereocenters. The number of amides is 1. The SMILES string of the molecule is O=C(NCCc1ccccc1)c1cccc(NC2=NC3CS(=O)(=O)CC3S2)c1. The van der Waals surface area contributed by atoms with Gasteiger partial charge in [-0.2, -0.15) is 0 Å². The molecule has 0 bridgehead atoms. The molecule has 8 heteroatoms. The van der Waals surface area contributed by atoms with Crippen molar-refractivity contribution in [2.45, 2.75) is 17.7 Å². The second kappa shape index (κ2) is 7.97. The van der Waals surface area contributed by atoms with E-state index in [4.69, 9.17) is 0 Å². The number of amidine groups is 1. The largest absolute Gasteiger partial charge is 0.352 e. The lowest BCUT2D eigenvalue weighted by Gasteiger charge is -2.09. The molecule has 1 saturated heterocycles. The molecule has 0 spiro atoms. The van der Waals surface area contributed by atoms with Crippen molar-refractivity contribution >= 4 is 38.4 Å². The van der Waals surface area contributed by atoms with Crippen LogP contribution in [-0.2, 0) is 16.3 Å². The Bertz CT molecular complexity index is 1010. The molecule has 1 amide bonds.